The highest BCUT2D eigenvalue weighted by Gasteiger charge is 2.30. The molecule has 3 aromatic rings. The van der Waals surface area contributed by atoms with Crippen molar-refractivity contribution in [3.05, 3.63) is 78.0 Å². The lowest BCUT2D eigenvalue weighted by atomic mass is 9.99. The molecular weight excluding hydrogens is 434 g/mol. The second-order valence-electron chi connectivity index (χ2n) is 6.87. The van der Waals surface area contributed by atoms with Crippen molar-refractivity contribution in [2.45, 2.75) is 10.8 Å². The quantitative estimate of drug-likeness (QED) is 0.513. The summed E-state index contributed by atoms with van der Waals surface area (Å²) in [7, 11) is -2.74. The van der Waals surface area contributed by atoms with Crippen molar-refractivity contribution in [1.29, 1.82) is 0 Å². The molecule has 0 radical (unpaired) electrons. The summed E-state index contributed by atoms with van der Waals surface area (Å²) < 4.78 is 34.3. The fraction of sp³-hybridized carbons (Fsp3) is 0.143. The Balaban J connectivity index is 1.55. The van der Waals surface area contributed by atoms with Gasteiger partial charge in [0.1, 0.15) is 11.2 Å². The van der Waals surface area contributed by atoms with Gasteiger partial charge >= 0.3 is 0 Å². The summed E-state index contributed by atoms with van der Waals surface area (Å²) in [5, 5.41) is 7.84. The second-order valence-corrected chi connectivity index (χ2v) is 8.45. The number of rotatable bonds is 6. The molecule has 2 heterocycles. The van der Waals surface area contributed by atoms with Gasteiger partial charge < -0.3 is 20.4 Å². The number of nitrogens with zero attached hydrogens (tertiary/aromatic N) is 2. The van der Waals surface area contributed by atoms with Crippen molar-refractivity contribution in [3.8, 4) is 0 Å². The number of hydrogen-bond acceptors (Lipinski definition) is 7. The van der Waals surface area contributed by atoms with Gasteiger partial charge in [-0.15, -0.1) is 4.40 Å². The van der Waals surface area contributed by atoms with Gasteiger partial charge in [0.05, 0.1) is 17.8 Å². The summed E-state index contributed by atoms with van der Waals surface area (Å²) in [6.45, 7) is 0.104. The predicted molar refractivity (Wildman–Crippen MR) is 116 cm³/mol. The van der Waals surface area contributed by atoms with Gasteiger partial charge in [0.2, 0.25) is 11.7 Å². The minimum Gasteiger partial charge on any atom is -0.448 e. The Morgan fingerprint density at radius 3 is 2.59 bits per heavy atom. The summed E-state index contributed by atoms with van der Waals surface area (Å²) in [5.41, 5.74) is 1.19. The molecule has 0 saturated carbocycles. The van der Waals surface area contributed by atoms with Gasteiger partial charge in [0.25, 0.3) is 21.8 Å². The lowest BCUT2D eigenvalue weighted by Crippen LogP contribution is -2.40. The number of anilines is 1. The molecule has 1 aliphatic heterocycles. The third-order valence-electron chi connectivity index (χ3n) is 4.85. The Bertz CT molecular complexity index is 1290. The van der Waals surface area contributed by atoms with Gasteiger partial charge in [-0.2, -0.15) is 8.42 Å². The number of amidine groups is 1. The summed E-state index contributed by atoms with van der Waals surface area (Å²) in [6, 6.07) is 13.4. The number of nitrogens with one attached hydrogen (secondary N) is 3. The first-order chi connectivity index (χ1) is 15.4. The molecular formula is C21H19N5O5S. The van der Waals surface area contributed by atoms with Gasteiger partial charge in [-0.1, -0.05) is 30.3 Å². The Labute approximate surface area is 183 Å². The Kier molecular flexibility index (Phi) is 5.73. The zero-order valence-electron chi connectivity index (χ0n) is 16.9. The van der Waals surface area contributed by atoms with Crippen LogP contribution < -0.4 is 16.0 Å². The van der Waals surface area contributed by atoms with Gasteiger partial charge in [-0.05, 0) is 23.8 Å². The lowest BCUT2D eigenvalue weighted by molar-refractivity contribution is -0.114. The highest BCUT2D eigenvalue weighted by molar-refractivity contribution is 7.90. The third-order valence-corrected chi connectivity index (χ3v) is 6.16. The number of aromatic nitrogens is 1. The molecule has 1 aliphatic rings. The molecule has 2 aromatic carbocycles. The number of amides is 2. The van der Waals surface area contributed by atoms with Crippen LogP contribution in [0, 0.1) is 0 Å². The molecule has 1 aromatic heterocycles. The van der Waals surface area contributed by atoms with Crippen LogP contribution in [0.3, 0.4) is 0 Å². The standard InChI is InChI=1S/C21H19N5O5S/c1-22-19(27)14-7-8-16-17(11-14)32(29,30)26-18(25-16)20(28)24-12-15(21-23-9-10-31-21)13-5-3-2-4-6-13/h2-11,15H,12H2,1H3,(H,22,27)(H,24,28)(H,25,26). The van der Waals surface area contributed by atoms with Crippen molar-refractivity contribution in [1.82, 2.24) is 15.6 Å². The molecule has 2 amide bonds. The summed E-state index contributed by atoms with van der Waals surface area (Å²) in [6.07, 6.45) is 2.95. The van der Waals surface area contributed by atoms with Crippen LogP contribution >= 0.6 is 0 Å². The van der Waals surface area contributed by atoms with Crippen molar-refractivity contribution in [2.75, 3.05) is 18.9 Å². The maximum Gasteiger partial charge on any atom is 0.287 e. The lowest BCUT2D eigenvalue weighted by Gasteiger charge is -2.19. The van der Waals surface area contributed by atoms with Crippen LogP contribution in [-0.2, 0) is 14.8 Å². The molecule has 11 heteroatoms. The third kappa shape index (κ3) is 4.23. The first-order valence-corrected chi connectivity index (χ1v) is 11.0. The SMILES string of the molecule is CNC(=O)c1ccc2c(c1)S(=O)(=O)N=C(C(=O)NCC(c1ccccc1)c1ncco1)N2. The smallest absolute Gasteiger partial charge is 0.287 e. The minimum absolute atomic E-state index is 0.104. The van der Waals surface area contributed by atoms with Crippen LogP contribution in [0.4, 0.5) is 5.69 Å². The summed E-state index contributed by atoms with van der Waals surface area (Å²) >= 11 is 0. The van der Waals surface area contributed by atoms with Crippen molar-refractivity contribution >= 4 is 33.4 Å². The molecule has 32 heavy (non-hydrogen) atoms. The van der Waals surface area contributed by atoms with E-state index in [1.165, 1.54) is 37.7 Å². The number of sulfonamides is 1. The van der Waals surface area contributed by atoms with Crippen LogP contribution in [0.5, 0.6) is 0 Å². The fourth-order valence-corrected chi connectivity index (χ4v) is 4.40. The molecule has 1 atom stereocenters. The number of hydrogen-bond donors (Lipinski definition) is 3. The van der Waals surface area contributed by atoms with Gasteiger partial charge in [-0.3, -0.25) is 9.59 Å². The zero-order chi connectivity index (χ0) is 22.7. The highest BCUT2D eigenvalue weighted by atomic mass is 32.2. The number of carbonyl (C=O) groups is 2. The van der Waals surface area contributed by atoms with E-state index < -0.39 is 21.8 Å². The Morgan fingerprint density at radius 1 is 1.12 bits per heavy atom. The van der Waals surface area contributed by atoms with Gasteiger partial charge in [-0.25, -0.2) is 4.98 Å². The maximum atomic E-state index is 12.7. The van der Waals surface area contributed by atoms with Crippen LogP contribution in [-0.4, -0.2) is 44.6 Å². The van der Waals surface area contributed by atoms with Crippen LogP contribution in [0.25, 0.3) is 0 Å². The van der Waals surface area contributed by atoms with Crippen LogP contribution in [0.1, 0.15) is 27.7 Å². The van der Waals surface area contributed by atoms with Crippen molar-refractivity contribution in [2.24, 2.45) is 4.40 Å². The second kappa shape index (κ2) is 8.63. The zero-order valence-corrected chi connectivity index (χ0v) is 17.7. The molecule has 0 aliphatic carbocycles. The van der Waals surface area contributed by atoms with Gasteiger partial charge in [0, 0.05) is 19.2 Å². The van der Waals surface area contributed by atoms with Crippen molar-refractivity contribution < 1.29 is 22.4 Å². The Hall–Kier alpha value is -3.99. The average Bonchev–Trinajstić information content (AvgIpc) is 3.33. The van der Waals surface area contributed by atoms with Crippen LogP contribution in [0.2, 0.25) is 0 Å². The van der Waals surface area contributed by atoms with E-state index in [1.54, 1.807) is 0 Å². The van der Waals surface area contributed by atoms with E-state index in [-0.39, 0.29) is 34.4 Å². The van der Waals surface area contributed by atoms with E-state index in [0.717, 1.165) is 5.56 Å². The average molecular weight is 453 g/mol. The number of benzene rings is 2. The van der Waals surface area contributed by atoms with E-state index in [0.29, 0.717) is 5.89 Å². The number of oxazole rings is 1. The maximum absolute atomic E-state index is 12.7. The molecule has 0 fully saturated rings. The molecule has 164 valence electrons. The number of fused-ring (bicyclic) bond motifs is 1. The fourth-order valence-electron chi connectivity index (χ4n) is 3.26. The molecule has 10 nitrogen and oxygen atoms in total. The largest absolute Gasteiger partial charge is 0.448 e. The molecule has 0 saturated heterocycles. The highest BCUT2D eigenvalue weighted by Crippen LogP contribution is 2.28. The van der Waals surface area contributed by atoms with Crippen LogP contribution in [0.15, 0.2) is 74.7 Å². The monoisotopic (exact) mass is 453 g/mol. The van der Waals surface area contributed by atoms with E-state index in [9.17, 15) is 18.0 Å². The first kappa shape index (κ1) is 21.2. The predicted octanol–water partition coefficient (Wildman–Crippen LogP) is 1.50. The topological polar surface area (TPSA) is 143 Å². The molecule has 0 spiro atoms. The minimum atomic E-state index is -4.18. The molecule has 3 N–H and O–H groups in total. The van der Waals surface area contributed by atoms with E-state index in [1.807, 2.05) is 30.3 Å². The molecule has 4 rings (SSSR count). The van der Waals surface area contributed by atoms with Crippen molar-refractivity contribution in [3.63, 3.8) is 0 Å². The number of carbonyl (C=O) groups excluding carboxylic acids is 2. The normalized spacial score (nSPS) is 15.0. The molecule has 0 bridgehead atoms. The van der Waals surface area contributed by atoms with E-state index in [2.05, 4.69) is 25.3 Å². The first-order valence-electron chi connectivity index (χ1n) is 9.59. The van der Waals surface area contributed by atoms with E-state index in [4.69, 9.17) is 4.42 Å². The van der Waals surface area contributed by atoms with E-state index >= 15 is 0 Å². The Morgan fingerprint density at radius 2 is 1.91 bits per heavy atom. The molecule has 1 unspecified atom stereocenters. The summed E-state index contributed by atoms with van der Waals surface area (Å²) in [5.74, 6) is -1.48. The summed E-state index contributed by atoms with van der Waals surface area (Å²) in [4.78, 5) is 28.5. The van der Waals surface area contributed by atoms with Gasteiger partial charge in [0.15, 0.2) is 0 Å².